The topological polar surface area (TPSA) is 137 Å². The highest BCUT2D eigenvalue weighted by molar-refractivity contribution is 6.39. The first-order valence-corrected chi connectivity index (χ1v) is 7.12. The summed E-state index contributed by atoms with van der Waals surface area (Å²) in [4.78, 5) is 35.2. The Kier molecular flexibility index (Phi) is 4.67. The molecule has 0 aliphatic carbocycles. The van der Waals surface area contributed by atoms with E-state index < -0.39 is 17.7 Å². The number of amides is 3. The van der Waals surface area contributed by atoms with Crippen molar-refractivity contribution in [2.45, 2.75) is 20.4 Å². The normalized spacial score (nSPS) is 10.5. The van der Waals surface area contributed by atoms with Crippen LogP contribution in [0, 0.1) is 13.8 Å². The fourth-order valence-electron chi connectivity index (χ4n) is 2.32. The van der Waals surface area contributed by atoms with E-state index in [2.05, 4.69) is 20.8 Å². The van der Waals surface area contributed by atoms with Crippen LogP contribution in [0.2, 0.25) is 0 Å². The second kappa shape index (κ2) is 6.52. The number of hydrogen-bond acceptors (Lipinski definition) is 5. The molecule has 2 aromatic rings. The number of hydrogen-bond donors (Lipinski definition) is 3. The Labute approximate surface area is 138 Å². The Morgan fingerprint density at radius 2 is 1.83 bits per heavy atom. The maximum atomic E-state index is 12.0. The summed E-state index contributed by atoms with van der Waals surface area (Å²) in [6.07, 6.45) is 1.25. The molecule has 0 spiro atoms. The van der Waals surface area contributed by atoms with Crippen molar-refractivity contribution in [2.24, 2.45) is 19.8 Å². The van der Waals surface area contributed by atoms with Crippen LogP contribution < -0.4 is 16.4 Å². The molecule has 128 valence electrons. The van der Waals surface area contributed by atoms with E-state index in [1.165, 1.54) is 17.9 Å². The molecule has 0 aliphatic rings. The van der Waals surface area contributed by atoms with Gasteiger partial charge < -0.3 is 16.4 Å². The smallest absolute Gasteiger partial charge is 0.313 e. The number of nitrogens with one attached hydrogen (secondary N) is 2. The van der Waals surface area contributed by atoms with Gasteiger partial charge in [-0.3, -0.25) is 23.7 Å². The molecular formula is C14H19N7O3. The second-order valence-corrected chi connectivity index (χ2v) is 5.30. The average Bonchev–Trinajstić information content (AvgIpc) is 2.97. The van der Waals surface area contributed by atoms with Crippen molar-refractivity contribution in [3.8, 4) is 0 Å². The van der Waals surface area contributed by atoms with Crippen molar-refractivity contribution >= 4 is 23.4 Å². The molecule has 0 aromatic carbocycles. The molecule has 0 radical (unpaired) electrons. The second-order valence-electron chi connectivity index (χ2n) is 5.30. The minimum atomic E-state index is -0.912. The van der Waals surface area contributed by atoms with Crippen LogP contribution in [0.15, 0.2) is 6.20 Å². The standard InChI is InChI=1S/C14H19N7O3/c1-7-9(8(2)20(3)19-7)5-16-13(23)14(24)18-10-6-17-21(4)11(10)12(15)22/h6H,5H2,1-4H3,(H2,15,22)(H,16,23)(H,18,24). The van der Waals surface area contributed by atoms with Crippen molar-refractivity contribution < 1.29 is 14.4 Å². The van der Waals surface area contributed by atoms with Gasteiger partial charge in [-0.15, -0.1) is 0 Å². The predicted molar refractivity (Wildman–Crippen MR) is 84.9 cm³/mol. The minimum absolute atomic E-state index is 0.00935. The van der Waals surface area contributed by atoms with Crippen molar-refractivity contribution in [3.63, 3.8) is 0 Å². The first-order valence-electron chi connectivity index (χ1n) is 7.12. The third kappa shape index (κ3) is 3.26. The van der Waals surface area contributed by atoms with Crippen LogP contribution in [-0.2, 0) is 30.2 Å². The van der Waals surface area contributed by atoms with Gasteiger partial charge in [-0.2, -0.15) is 10.2 Å². The Morgan fingerprint density at radius 1 is 1.17 bits per heavy atom. The summed E-state index contributed by atoms with van der Waals surface area (Å²) in [5, 5.41) is 12.9. The number of aromatic nitrogens is 4. The first kappa shape index (κ1) is 17.2. The summed E-state index contributed by atoms with van der Waals surface area (Å²) in [7, 11) is 3.30. The molecule has 4 N–H and O–H groups in total. The van der Waals surface area contributed by atoms with Crippen LogP contribution in [0.5, 0.6) is 0 Å². The lowest BCUT2D eigenvalue weighted by molar-refractivity contribution is -0.136. The third-order valence-electron chi connectivity index (χ3n) is 3.71. The molecule has 3 amide bonds. The molecule has 0 unspecified atom stereocenters. The highest BCUT2D eigenvalue weighted by atomic mass is 16.2. The van der Waals surface area contributed by atoms with Crippen LogP contribution >= 0.6 is 0 Å². The van der Waals surface area contributed by atoms with Gasteiger partial charge in [0.1, 0.15) is 5.69 Å². The van der Waals surface area contributed by atoms with Crippen LogP contribution in [0.1, 0.15) is 27.4 Å². The molecule has 2 rings (SSSR count). The van der Waals surface area contributed by atoms with Gasteiger partial charge in [0.15, 0.2) is 0 Å². The number of nitrogens with zero attached hydrogens (tertiary/aromatic N) is 4. The average molecular weight is 333 g/mol. The minimum Gasteiger partial charge on any atom is -0.364 e. The molecule has 0 saturated heterocycles. The number of nitrogens with two attached hydrogens (primary N) is 1. The molecular weight excluding hydrogens is 314 g/mol. The van der Waals surface area contributed by atoms with Crippen molar-refractivity contribution in [1.29, 1.82) is 0 Å². The van der Waals surface area contributed by atoms with Gasteiger partial charge >= 0.3 is 11.8 Å². The molecule has 0 saturated carbocycles. The summed E-state index contributed by atoms with van der Waals surface area (Å²) in [5.74, 6) is -2.51. The Balaban J connectivity index is 2.03. The van der Waals surface area contributed by atoms with Crippen LogP contribution in [0.25, 0.3) is 0 Å². The third-order valence-corrected chi connectivity index (χ3v) is 3.71. The quantitative estimate of drug-likeness (QED) is 0.624. The maximum absolute atomic E-state index is 12.0. The molecule has 2 aromatic heterocycles. The Hall–Kier alpha value is -3.17. The van der Waals surface area contributed by atoms with Gasteiger partial charge in [-0.25, -0.2) is 0 Å². The summed E-state index contributed by atoms with van der Waals surface area (Å²) >= 11 is 0. The van der Waals surface area contributed by atoms with Gasteiger partial charge in [-0.1, -0.05) is 0 Å². The largest absolute Gasteiger partial charge is 0.364 e. The van der Waals surface area contributed by atoms with Gasteiger partial charge in [-0.05, 0) is 13.8 Å². The summed E-state index contributed by atoms with van der Waals surface area (Å²) in [6, 6.07) is 0. The van der Waals surface area contributed by atoms with Gasteiger partial charge in [0.2, 0.25) is 0 Å². The number of primary amides is 1. The van der Waals surface area contributed by atoms with Crippen LogP contribution in [0.4, 0.5) is 5.69 Å². The van der Waals surface area contributed by atoms with E-state index >= 15 is 0 Å². The first-order chi connectivity index (χ1) is 11.2. The Bertz CT molecular complexity index is 819. The predicted octanol–water partition coefficient (Wildman–Crippen LogP) is -0.876. The fourth-order valence-corrected chi connectivity index (χ4v) is 2.32. The number of anilines is 1. The fraction of sp³-hybridized carbons (Fsp3) is 0.357. The number of carbonyl (C=O) groups excluding carboxylic acids is 3. The lowest BCUT2D eigenvalue weighted by atomic mass is 10.2. The maximum Gasteiger partial charge on any atom is 0.313 e. The molecule has 2 heterocycles. The number of rotatable bonds is 4. The highest BCUT2D eigenvalue weighted by Crippen LogP contribution is 2.13. The lowest BCUT2D eigenvalue weighted by Gasteiger charge is -2.07. The summed E-state index contributed by atoms with van der Waals surface area (Å²) in [6.45, 7) is 3.87. The van der Waals surface area contributed by atoms with Gasteiger partial charge in [0.25, 0.3) is 5.91 Å². The molecule has 10 heteroatoms. The zero-order chi connectivity index (χ0) is 18.0. The number of carbonyl (C=O) groups is 3. The molecule has 24 heavy (non-hydrogen) atoms. The van der Waals surface area contributed by atoms with Crippen LogP contribution in [-0.4, -0.2) is 37.3 Å². The van der Waals surface area contributed by atoms with Gasteiger partial charge in [0.05, 0.1) is 17.6 Å². The van der Waals surface area contributed by atoms with E-state index in [0.717, 1.165) is 17.0 Å². The summed E-state index contributed by atoms with van der Waals surface area (Å²) in [5.41, 5.74) is 7.83. The van der Waals surface area contributed by atoms with E-state index in [-0.39, 0.29) is 17.9 Å². The summed E-state index contributed by atoms with van der Waals surface area (Å²) < 4.78 is 2.92. The molecule has 0 atom stereocenters. The molecule has 0 bridgehead atoms. The number of aryl methyl sites for hydroxylation is 3. The van der Waals surface area contributed by atoms with Crippen LogP contribution in [0.3, 0.4) is 0 Å². The van der Waals surface area contributed by atoms with Crippen molar-refractivity contribution in [3.05, 3.63) is 28.8 Å². The van der Waals surface area contributed by atoms with E-state index in [9.17, 15) is 14.4 Å². The SMILES string of the molecule is Cc1nn(C)c(C)c1CNC(=O)C(=O)Nc1cnn(C)c1C(N)=O. The van der Waals surface area contributed by atoms with Crippen molar-refractivity contribution in [1.82, 2.24) is 24.9 Å². The van der Waals surface area contributed by atoms with E-state index in [4.69, 9.17) is 5.73 Å². The highest BCUT2D eigenvalue weighted by Gasteiger charge is 2.20. The Morgan fingerprint density at radius 3 is 2.38 bits per heavy atom. The molecule has 0 aliphatic heterocycles. The van der Waals surface area contributed by atoms with Gasteiger partial charge in [0, 0.05) is 31.9 Å². The van der Waals surface area contributed by atoms with E-state index in [0.29, 0.717) is 0 Å². The molecule has 10 nitrogen and oxygen atoms in total. The van der Waals surface area contributed by atoms with E-state index in [1.54, 1.807) is 11.7 Å². The molecule has 0 fully saturated rings. The zero-order valence-corrected chi connectivity index (χ0v) is 13.9. The van der Waals surface area contributed by atoms with E-state index in [1.807, 2.05) is 13.8 Å². The lowest BCUT2D eigenvalue weighted by Crippen LogP contribution is -2.35. The zero-order valence-electron chi connectivity index (χ0n) is 13.9. The monoisotopic (exact) mass is 333 g/mol. The van der Waals surface area contributed by atoms with Crippen molar-refractivity contribution in [2.75, 3.05) is 5.32 Å².